The minimum absolute atomic E-state index is 0.00593. The number of hydrogen-bond acceptors (Lipinski definition) is 3. The molecule has 2 rings (SSSR count). The van der Waals surface area contributed by atoms with E-state index < -0.39 is 12.1 Å². The van der Waals surface area contributed by atoms with Crippen LogP contribution in [0.3, 0.4) is 0 Å². The Balaban J connectivity index is 2.22. The molecule has 72 valence electrons. The van der Waals surface area contributed by atoms with Crippen molar-refractivity contribution in [3.05, 3.63) is 0 Å². The average Bonchev–Trinajstić information content (AvgIpc) is 2.51. The van der Waals surface area contributed by atoms with Crippen molar-refractivity contribution in [2.45, 2.75) is 24.3 Å². The van der Waals surface area contributed by atoms with Crippen LogP contribution in [0.4, 0.5) is 9.59 Å². The second-order valence-electron chi connectivity index (χ2n) is 3.23. The molecule has 0 saturated carbocycles. The Morgan fingerprint density at radius 3 is 3.08 bits per heavy atom. The standard InChI is InChI=1S/C7H10N2O3S/c1-3-5-4(2-13-3)9(7(11)12)6(10)8-5/h3-5H,2H2,1H3,(H,8,10)(H,11,12)/t3-,4-,5+/m0/s1. The van der Waals surface area contributed by atoms with Crippen LogP contribution in [0.5, 0.6) is 0 Å². The maximum Gasteiger partial charge on any atom is 0.415 e. The van der Waals surface area contributed by atoms with Crippen molar-refractivity contribution >= 4 is 23.9 Å². The third-order valence-corrected chi connectivity index (χ3v) is 3.85. The fourth-order valence-electron chi connectivity index (χ4n) is 1.81. The first kappa shape index (κ1) is 8.68. The van der Waals surface area contributed by atoms with Gasteiger partial charge in [-0.25, -0.2) is 14.5 Å². The number of nitrogens with zero attached hydrogens (tertiary/aromatic N) is 1. The van der Waals surface area contributed by atoms with Crippen LogP contribution < -0.4 is 5.32 Å². The van der Waals surface area contributed by atoms with E-state index in [9.17, 15) is 9.59 Å². The predicted octanol–water partition coefficient (Wildman–Crippen LogP) is 0.562. The molecule has 0 aromatic rings. The zero-order valence-electron chi connectivity index (χ0n) is 7.06. The lowest BCUT2D eigenvalue weighted by atomic mass is 10.1. The van der Waals surface area contributed by atoms with Gasteiger partial charge in [-0.3, -0.25) is 0 Å². The monoisotopic (exact) mass is 202 g/mol. The summed E-state index contributed by atoms with van der Waals surface area (Å²) in [5.74, 6) is 0.705. The molecule has 13 heavy (non-hydrogen) atoms. The first-order chi connectivity index (χ1) is 6.11. The van der Waals surface area contributed by atoms with Gasteiger partial charge in [0.2, 0.25) is 0 Å². The minimum atomic E-state index is -1.15. The fourth-order valence-corrected chi connectivity index (χ4v) is 3.12. The van der Waals surface area contributed by atoms with Crippen LogP contribution in [0.1, 0.15) is 6.92 Å². The van der Waals surface area contributed by atoms with Gasteiger partial charge in [-0.05, 0) is 0 Å². The quantitative estimate of drug-likeness (QED) is 0.563. The van der Waals surface area contributed by atoms with E-state index >= 15 is 0 Å². The average molecular weight is 202 g/mol. The van der Waals surface area contributed by atoms with Gasteiger partial charge in [-0.15, -0.1) is 0 Å². The molecular weight excluding hydrogens is 192 g/mol. The zero-order valence-corrected chi connectivity index (χ0v) is 7.87. The molecule has 2 aliphatic heterocycles. The maximum atomic E-state index is 11.2. The van der Waals surface area contributed by atoms with Gasteiger partial charge < -0.3 is 10.4 Å². The van der Waals surface area contributed by atoms with Crippen molar-refractivity contribution < 1.29 is 14.7 Å². The lowest BCUT2D eigenvalue weighted by Gasteiger charge is -2.15. The number of nitrogens with one attached hydrogen (secondary N) is 1. The largest absolute Gasteiger partial charge is 0.465 e. The molecule has 0 aliphatic carbocycles. The second kappa shape index (κ2) is 2.80. The molecule has 0 aromatic heterocycles. The number of thioether (sulfide) groups is 1. The first-order valence-electron chi connectivity index (χ1n) is 4.05. The number of hydrogen-bond donors (Lipinski definition) is 2. The SMILES string of the molecule is C[C@@H]1SC[C@H]2[C@@H]1NC(=O)N2C(=O)O. The molecule has 3 amide bonds. The Bertz CT molecular complexity index is 270. The van der Waals surface area contributed by atoms with Crippen molar-refractivity contribution in [3.8, 4) is 0 Å². The lowest BCUT2D eigenvalue weighted by Crippen LogP contribution is -2.40. The van der Waals surface area contributed by atoms with Crippen LogP contribution in [0, 0.1) is 0 Å². The molecule has 0 spiro atoms. The third-order valence-electron chi connectivity index (χ3n) is 2.50. The maximum absolute atomic E-state index is 11.2. The van der Waals surface area contributed by atoms with Crippen LogP contribution in [-0.2, 0) is 0 Å². The van der Waals surface area contributed by atoms with E-state index in [0.717, 1.165) is 4.90 Å². The molecule has 3 atom stereocenters. The summed E-state index contributed by atoms with van der Waals surface area (Å²) < 4.78 is 0. The van der Waals surface area contributed by atoms with Gasteiger partial charge in [0.1, 0.15) is 0 Å². The van der Waals surface area contributed by atoms with Crippen LogP contribution in [0.2, 0.25) is 0 Å². The topological polar surface area (TPSA) is 69.6 Å². The number of carbonyl (C=O) groups excluding carboxylic acids is 1. The molecule has 2 fully saturated rings. The molecule has 0 bridgehead atoms. The Kier molecular flexibility index (Phi) is 1.87. The minimum Gasteiger partial charge on any atom is -0.465 e. The highest BCUT2D eigenvalue weighted by atomic mass is 32.2. The van der Waals surface area contributed by atoms with Crippen molar-refractivity contribution in [1.82, 2.24) is 10.2 Å². The number of amides is 3. The van der Waals surface area contributed by atoms with Crippen LogP contribution in [0.15, 0.2) is 0 Å². The molecule has 0 unspecified atom stereocenters. The molecule has 6 heteroatoms. The van der Waals surface area contributed by atoms with Crippen molar-refractivity contribution in [1.29, 1.82) is 0 Å². The highest BCUT2D eigenvalue weighted by molar-refractivity contribution is 8.00. The van der Waals surface area contributed by atoms with E-state index in [2.05, 4.69) is 5.32 Å². The van der Waals surface area contributed by atoms with Crippen molar-refractivity contribution in [3.63, 3.8) is 0 Å². The van der Waals surface area contributed by atoms with Crippen LogP contribution in [-0.4, -0.2) is 45.2 Å². The van der Waals surface area contributed by atoms with Crippen molar-refractivity contribution in [2.75, 3.05) is 5.75 Å². The van der Waals surface area contributed by atoms with Gasteiger partial charge in [-0.1, -0.05) is 6.92 Å². The summed E-state index contributed by atoms with van der Waals surface area (Å²) in [7, 11) is 0. The normalized spacial score (nSPS) is 37.5. The summed E-state index contributed by atoms with van der Waals surface area (Å²) in [6.45, 7) is 2.00. The number of imide groups is 1. The smallest absolute Gasteiger partial charge is 0.415 e. The molecule has 0 radical (unpaired) electrons. The molecule has 2 heterocycles. The van der Waals surface area contributed by atoms with Gasteiger partial charge >= 0.3 is 12.1 Å². The summed E-state index contributed by atoms with van der Waals surface area (Å²) >= 11 is 1.69. The van der Waals surface area contributed by atoms with Gasteiger partial charge in [0.25, 0.3) is 0 Å². The summed E-state index contributed by atoms with van der Waals surface area (Å²) in [6.07, 6.45) is -1.15. The predicted molar refractivity (Wildman–Crippen MR) is 47.9 cm³/mol. The van der Waals surface area contributed by atoms with E-state index in [0.29, 0.717) is 11.0 Å². The zero-order chi connectivity index (χ0) is 9.59. The Morgan fingerprint density at radius 2 is 2.46 bits per heavy atom. The van der Waals surface area contributed by atoms with E-state index in [1.165, 1.54) is 0 Å². The van der Waals surface area contributed by atoms with E-state index in [1.54, 1.807) is 11.8 Å². The van der Waals surface area contributed by atoms with E-state index in [1.807, 2.05) is 6.92 Å². The fraction of sp³-hybridized carbons (Fsp3) is 0.714. The summed E-state index contributed by atoms with van der Waals surface area (Å²) in [6, 6.07) is -0.659. The highest BCUT2D eigenvalue weighted by Crippen LogP contribution is 2.33. The molecule has 2 N–H and O–H groups in total. The molecular formula is C7H10N2O3S. The third kappa shape index (κ3) is 1.16. The number of carboxylic acid groups (broad SMARTS) is 1. The molecule has 2 saturated heterocycles. The van der Waals surface area contributed by atoms with Gasteiger partial charge in [0.15, 0.2) is 0 Å². The highest BCUT2D eigenvalue weighted by Gasteiger charge is 2.49. The first-order valence-corrected chi connectivity index (χ1v) is 5.10. The molecule has 5 nitrogen and oxygen atoms in total. The molecule has 2 aliphatic rings. The van der Waals surface area contributed by atoms with E-state index in [4.69, 9.17) is 5.11 Å². The number of rotatable bonds is 0. The van der Waals surface area contributed by atoms with Gasteiger partial charge in [-0.2, -0.15) is 11.8 Å². The molecule has 0 aromatic carbocycles. The van der Waals surface area contributed by atoms with Crippen LogP contribution in [0.25, 0.3) is 0 Å². The summed E-state index contributed by atoms with van der Waals surface area (Å²) in [5, 5.41) is 11.8. The lowest BCUT2D eigenvalue weighted by molar-refractivity contribution is 0.148. The van der Waals surface area contributed by atoms with Crippen LogP contribution >= 0.6 is 11.8 Å². The number of carbonyl (C=O) groups is 2. The van der Waals surface area contributed by atoms with Crippen molar-refractivity contribution in [2.24, 2.45) is 0 Å². The Morgan fingerprint density at radius 1 is 1.77 bits per heavy atom. The Labute approximate surface area is 79.5 Å². The Hall–Kier alpha value is -0.910. The summed E-state index contributed by atoms with van der Waals surface area (Å²) in [4.78, 5) is 22.8. The number of fused-ring (bicyclic) bond motifs is 1. The number of urea groups is 1. The van der Waals surface area contributed by atoms with Gasteiger partial charge in [0.05, 0.1) is 12.1 Å². The summed E-state index contributed by atoms with van der Waals surface area (Å²) in [5.41, 5.74) is 0. The van der Waals surface area contributed by atoms with E-state index in [-0.39, 0.29) is 12.1 Å². The van der Waals surface area contributed by atoms with Gasteiger partial charge in [0, 0.05) is 11.0 Å². The second-order valence-corrected chi connectivity index (χ2v) is 4.64.